The van der Waals surface area contributed by atoms with Crippen LogP contribution in [0.3, 0.4) is 0 Å². The summed E-state index contributed by atoms with van der Waals surface area (Å²) in [6.45, 7) is 4.94. The van der Waals surface area contributed by atoms with Crippen molar-refractivity contribution in [1.82, 2.24) is 0 Å². The van der Waals surface area contributed by atoms with Gasteiger partial charge in [-0.15, -0.1) is 0 Å². The predicted octanol–water partition coefficient (Wildman–Crippen LogP) is 4.43. The quantitative estimate of drug-likeness (QED) is 0.404. The molecule has 0 fully saturated rings. The Kier molecular flexibility index (Phi) is 5.69. The zero-order valence-corrected chi connectivity index (χ0v) is 13.6. The second kappa shape index (κ2) is 6.56. The fourth-order valence-corrected chi connectivity index (χ4v) is 3.49. The Balaban J connectivity index is 2.81. The van der Waals surface area contributed by atoms with Gasteiger partial charge in [-0.05, 0) is 44.0 Å². The highest BCUT2D eigenvalue weighted by atomic mass is 79.9. The van der Waals surface area contributed by atoms with Gasteiger partial charge < -0.3 is 9.47 Å². The number of carbonyl (C=O) groups excluding carboxylic acids is 1. The van der Waals surface area contributed by atoms with Crippen molar-refractivity contribution in [2.75, 3.05) is 0 Å². The summed E-state index contributed by atoms with van der Waals surface area (Å²) in [7, 11) is 0. The van der Waals surface area contributed by atoms with Gasteiger partial charge in [0.25, 0.3) is 0 Å². The summed E-state index contributed by atoms with van der Waals surface area (Å²) in [5, 5.41) is 0. The summed E-state index contributed by atoms with van der Waals surface area (Å²) in [5.74, 6) is 0.0411. The summed E-state index contributed by atoms with van der Waals surface area (Å²) in [4.78, 5) is 11.0. The van der Waals surface area contributed by atoms with Crippen molar-refractivity contribution in [2.45, 2.75) is 13.2 Å². The zero-order chi connectivity index (χ0) is 13.0. The molecule has 0 saturated heterocycles. The standard InChI is InChI=1S/C11H9Br3O3/c1-3-10(15)16-6(2)17-11-8(13)4-7(12)5-9(11)14/h3-6H,1H2,2H3. The highest BCUT2D eigenvalue weighted by molar-refractivity contribution is 9.11. The van der Waals surface area contributed by atoms with Gasteiger partial charge >= 0.3 is 5.97 Å². The molecule has 3 nitrogen and oxygen atoms in total. The molecule has 0 bridgehead atoms. The molecular weight excluding hydrogens is 420 g/mol. The molecule has 0 saturated carbocycles. The average Bonchev–Trinajstić information content (AvgIpc) is 2.23. The van der Waals surface area contributed by atoms with Gasteiger partial charge in [0, 0.05) is 17.5 Å². The molecule has 1 unspecified atom stereocenters. The summed E-state index contributed by atoms with van der Waals surface area (Å²) >= 11 is 10.1. The molecule has 0 radical (unpaired) electrons. The summed E-state index contributed by atoms with van der Waals surface area (Å²) < 4.78 is 12.8. The smallest absolute Gasteiger partial charge is 0.333 e. The maximum absolute atomic E-state index is 11.0. The van der Waals surface area contributed by atoms with Crippen LogP contribution in [0.15, 0.2) is 38.2 Å². The number of hydrogen-bond acceptors (Lipinski definition) is 3. The van der Waals surface area contributed by atoms with Gasteiger partial charge in [0.05, 0.1) is 8.95 Å². The normalized spacial score (nSPS) is 11.8. The third-order valence-electron chi connectivity index (χ3n) is 1.70. The summed E-state index contributed by atoms with van der Waals surface area (Å²) in [5.41, 5.74) is 0. The van der Waals surface area contributed by atoms with E-state index in [1.807, 2.05) is 12.1 Å². The van der Waals surface area contributed by atoms with E-state index in [1.54, 1.807) is 6.92 Å². The van der Waals surface area contributed by atoms with Gasteiger partial charge in [0.1, 0.15) is 0 Å². The Hall–Kier alpha value is -0.330. The Morgan fingerprint density at radius 2 is 1.88 bits per heavy atom. The number of carbonyl (C=O) groups is 1. The summed E-state index contributed by atoms with van der Waals surface area (Å²) in [6.07, 6.45) is 0.389. The molecule has 0 N–H and O–H groups in total. The van der Waals surface area contributed by atoms with E-state index in [1.165, 1.54) is 0 Å². The van der Waals surface area contributed by atoms with Crippen molar-refractivity contribution < 1.29 is 14.3 Å². The molecule has 0 spiro atoms. The van der Waals surface area contributed by atoms with Crippen LogP contribution in [0.5, 0.6) is 5.75 Å². The number of halogens is 3. The Labute approximate surface area is 125 Å². The number of hydrogen-bond donors (Lipinski definition) is 0. The molecular formula is C11H9Br3O3. The van der Waals surface area contributed by atoms with Gasteiger partial charge in [-0.2, -0.15) is 0 Å². The molecule has 0 aliphatic rings. The Morgan fingerprint density at radius 3 is 2.35 bits per heavy atom. The molecule has 1 atom stereocenters. The van der Waals surface area contributed by atoms with Crippen LogP contribution >= 0.6 is 47.8 Å². The van der Waals surface area contributed by atoms with E-state index in [-0.39, 0.29) is 0 Å². The van der Waals surface area contributed by atoms with Crippen LogP contribution in [0.1, 0.15) is 6.92 Å². The minimum absolute atomic E-state index is 0.526. The monoisotopic (exact) mass is 426 g/mol. The molecule has 17 heavy (non-hydrogen) atoms. The lowest BCUT2D eigenvalue weighted by molar-refractivity contribution is -0.155. The van der Waals surface area contributed by atoms with Gasteiger partial charge in [0.2, 0.25) is 6.29 Å². The molecule has 1 aromatic carbocycles. The number of rotatable bonds is 4. The lowest BCUT2D eigenvalue weighted by Crippen LogP contribution is -2.19. The van der Waals surface area contributed by atoms with Crippen molar-refractivity contribution in [3.05, 3.63) is 38.2 Å². The molecule has 6 heteroatoms. The predicted molar refractivity (Wildman–Crippen MR) is 75.9 cm³/mol. The second-order valence-corrected chi connectivity index (χ2v) is 5.65. The van der Waals surface area contributed by atoms with E-state index in [9.17, 15) is 4.79 Å². The first kappa shape index (κ1) is 14.7. The van der Waals surface area contributed by atoms with Gasteiger partial charge in [0.15, 0.2) is 5.75 Å². The van der Waals surface area contributed by atoms with Crippen LogP contribution < -0.4 is 4.74 Å². The third-order valence-corrected chi connectivity index (χ3v) is 3.33. The van der Waals surface area contributed by atoms with E-state index in [2.05, 4.69) is 54.4 Å². The van der Waals surface area contributed by atoms with Crippen LogP contribution in [-0.4, -0.2) is 12.3 Å². The lowest BCUT2D eigenvalue weighted by atomic mass is 10.3. The Bertz CT molecular complexity index is 423. The summed E-state index contributed by atoms with van der Waals surface area (Å²) in [6, 6.07) is 3.67. The van der Waals surface area contributed by atoms with Crippen LogP contribution in [0.25, 0.3) is 0 Å². The largest absolute Gasteiger partial charge is 0.453 e. The molecule has 1 rings (SSSR count). The SMILES string of the molecule is C=CC(=O)OC(C)Oc1c(Br)cc(Br)cc1Br. The first-order chi connectivity index (χ1) is 7.93. The van der Waals surface area contributed by atoms with Crippen molar-refractivity contribution in [2.24, 2.45) is 0 Å². The fraction of sp³-hybridized carbons (Fsp3) is 0.182. The van der Waals surface area contributed by atoms with Gasteiger partial charge in [-0.25, -0.2) is 4.79 Å². The molecule has 0 heterocycles. The third kappa shape index (κ3) is 4.44. The van der Waals surface area contributed by atoms with Crippen LogP contribution in [0.2, 0.25) is 0 Å². The van der Waals surface area contributed by atoms with Crippen molar-refractivity contribution in [1.29, 1.82) is 0 Å². The highest BCUT2D eigenvalue weighted by Crippen LogP contribution is 2.37. The first-order valence-corrected chi connectivity index (χ1v) is 6.96. The highest BCUT2D eigenvalue weighted by Gasteiger charge is 2.14. The lowest BCUT2D eigenvalue weighted by Gasteiger charge is -2.16. The second-order valence-electron chi connectivity index (χ2n) is 3.03. The van der Waals surface area contributed by atoms with E-state index in [0.717, 1.165) is 19.5 Å². The van der Waals surface area contributed by atoms with Gasteiger partial charge in [-0.3, -0.25) is 0 Å². The molecule has 0 aliphatic carbocycles. The van der Waals surface area contributed by atoms with Crippen molar-refractivity contribution >= 4 is 53.8 Å². The zero-order valence-electron chi connectivity index (χ0n) is 8.88. The average molecular weight is 429 g/mol. The van der Waals surface area contributed by atoms with Crippen LogP contribution in [0, 0.1) is 0 Å². The molecule has 1 aromatic rings. The molecule has 0 aromatic heterocycles. The molecule has 0 aliphatic heterocycles. The van der Waals surface area contributed by atoms with Gasteiger partial charge in [-0.1, -0.05) is 22.5 Å². The van der Waals surface area contributed by atoms with E-state index in [4.69, 9.17) is 9.47 Å². The number of ether oxygens (including phenoxy) is 2. The minimum Gasteiger partial charge on any atom is -0.453 e. The van der Waals surface area contributed by atoms with E-state index >= 15 is 0 Å². The topological polar surface area (TPSA) is 35.5 Å². The first-order valence-electron chi connectivity index (χ1n) is 4.58. The molecule has 0 amide bonds. The number of esters is 1. The maximum Gasteiger partial charge on any atom is 0.333 e. The van der Waals surface area contributed by atoms with Crippen molar-refractivity contribution in [3.8, 4) is 5.75 Å². The van der Waals surface area contributed by atoms with Crippen LogP contribution in [-0.2, 0) is 9.53 Å². The maximum atomic E-state index is 11.0. The van der Waals surface area contributed by atoms with Crippen molar-refractivity contribution in [3.63, 3.8) is 0 Å². The Morgan fingerprint density at radius 1 is 1.35 bits per heavy atom. The molecule has 92 valence electrons. The minimum atomic E-state index is -0.700. The van der Waals surface area contributed by atoms with E-state index < -0.39 is 12.3 Å². The van der Waals surface area contributed by atoms with Crippen LogP contribution in [0.4, 0.5) is 0 Å². The number of benzene rings is 1. The fourth-order valence-electron chi connectivity index (χ4n) is 1.04. The van der Waals surface area contributed by atoms with E-state index in [0.29, 0.717) is 5.75 Å².